The van der Waals surface area contributed by atoms with Crippen molar-refractivity contribution >= 4 is 78.7 Å². The highest BCUT2D eigenvalue weighted by atomic mass is 19.4. The Labute approximate surface area is 754 Å². The van der Waals surface area contributed by atoms with Gasteiger partial charge in [-0.3, -0.25) is 29.0 Å². The van der Waals surface area contributed by atoms with Crippen molar-refractivity contribution in [2.75, 3.05) is 26.4 Å². The zero-order valence-corrected chi connectivity index (χ0v) is 69.8. The van der Waals surface area contributed by atoms with E-state index in [9.17, 15) is 49.1 Å². The normalized spacial score (nSPS) is 17.4. The van der Waals surface area contributed by atoms with Crippen molar-refractivity contribution < 1.29 is 143 Å². The predicted octanol–water partition coefficient (Wildman–Crippen LogP) is 20.8. The number of amides is 4. The fraction of sp³-hybridized carbons (Fsp3) is 0.204. The van der Waals surface area contributed by atoms with Crippen molar-refractivity contribution in [2.45, 2.75) is 99.8 Å². The molecule has 12 heterocycles. The number of ether oxygens (including phenoxy) is 14. The van der Waals surface area contributed by atoms with Gasteiger partial charge in [0.2, 0.25) is 23.5 Å². The fourth-order valence-electron chi connectivity index (χ4n) is 16.4. The average molecular weight is 1850 g/mol. The van der Waals surface area contributed by atoms with Gasteiger partial charge in [-0.15, -0.1) is 0 Å². The molecule has 0 aliphatic carbocycles. The molecule has 0 radical (unpaired) electrons. The highest BCUT2D eigenvalue weighted by Gasteiger charge is 2.61. The minimum Gasteiger partial charge on any atom is -0.466 e. The average Bonchev–Trinajstić information content (AvgIpc) is 1.67. The molecule has 0 spiro atoms. The lowest BCUT2D eigenvalue weighted by molar-refractivity contribution is -0.314. The quantitative estimate of drug-likeness (QED) is 0.00944. The van der Waals surface area contributed by atoms with Crippen molar-refractivity contribution in [1.29, 1.82) is 0 Å². The largest absolute Gasteiger partial charge is 0.466 e. The first-order valence-electron chi connectivity index (χ1n) is 42.0. The molecule has 6 aromatic heterocycles. The number of nitrogens with zero attached hydrogens (tertiary/aromatic N) is 6. The third kappa shape index (κ3) is 17.7. The summed E-state index contributed by atoms with van der Waals surface area (Å²) in [6, 6.07) is 40.6. The van der Waals surface area contributed by atoms with Crippen LogP contribution in [-0.4, -0.2) is 147 Å². The number of halogens is 9. The van der Waals surface area contributed by atoms with Crippen LogP contribution in [0.3, 0.4) is 0 Å². The Bertz CT molecular complexity index is 6600. The standard InChI is InChI=1S/C98H65F9N6O22/c1-48(96(99,100)101)126-93(118)87(69-4-2-30-120-69)112-89(114)65-40-71(127-53-6-14-57(15-7-53)131-75-36-49(22-26-108-75)32-61-44-122-61)81-83-73(129-55-10-18-59(19-11-55)133-77-38-51(24-28-110-77)34-63-46-124-63)42-67-80-68(92(117)113(91(67)116)88(70-5-3-31-121-70)94(119)135-95(97(102,103)104)98(105,106)107)43-74(130-56-12-20-60(21-13-56)134-78-39-52(25-29-111-78)35-64-47-125-64)84(86(80)83)82-72(41-66(90(112)115)79(65)85(81)82)128-54-8-16-58(17-9-54)132-76-37-50(23-27-109-76)33-62-45-123-62/h2-31,36-43,48,61-64,87-88,95H,32-35,44-47H2,1H3. The number of carbonyl (C=O) groups excluding carboxylic acids is 6. The highest BCUT2D eigenvalue weighted by molar-refractivity contribution is 6.45. The van der Waals surface area contributed by atoms with E-state index < -0.39 is 141 Å². The van der Waals surface area contributed by atoms with Crippen molar-refractivity contribution in [1.82, 2.24) is 29.7 Å². The van der Waals surface area contributed by atoms with Gasteiger partial charge in [-0.1, -0.05) is 0 Å². The summed E-state index contributed by atoms with van der Waals surface area (Å²) in [7, 11) is 0. The first-order valence-corrected chi connectivity index (χ1v) is 42.0. The topological polar surface area (TPSA) is 329 Å². The number of benzene rings is 9. The first-order chi connectivity index (χ1) is 65.1. The van der Waals surface area contributed by atoms with Gasteiger partial charge in [0, 0.05) is 118 Å². The van der Waals surface area contributed by atoms with E-state index in [0.29, 0.717) is 63.9 Å². The first kappa shape index (κ1) is 86.0. The predicted molar refractivity (Wildman–Crippen MR) is 452 cm³/mol. The lowest BCUT2D eigenvalue weighted by atomic mass is 9.80. The molecule has 28 nitrogen and oxygen atoms in total. The summed E-state index contributed by atoms with van der Waals surface area (Å²) < 4.78 is 229. The second-order valence-electron chi connectivity index (χ2n) is 32.4. The van der Waals surface area contributed by atoms with Crippen LogP contribution in [0.15, 0.2) is 240 Å². The van der Waals surface area contributed by atoms with Crippen molar-refractivity contribution in [3.63, 3.8) is 0 Å². The molecule has 4 saturated heterocycles. The maximum atomic E-state index is 16.6. The zero-order chi connectivity index (χ0) is 93.0. The molecule has 6 aliphatic rings. The monoisotopic (exact) mass is 1850 g/mol. The van der Waals surface area contributed by atoms with Crippen molar-refractivity contribution in [3.05, 3.63) is 287 Å². The molecule has 15 aromatic rings. The molecule has 0 N–H and O–H groups in total. The van der Waals surface area contributed by atoms with E-state index in [0.717, 1.165) is 77.2 Å². The van der Waals surface area contributed by atoms with Gasteiger partial charge in [0.1, 0.15) is 80.5 Å². The van der Waals surface area contributed by atoms with E-state index >= 15 is 19.2 Å². The molecule has 37 heteroatoms. The molecule has 135 heavy (non-hydrogen) atoms. The van der Waals surface area contributed by atoms with Gasteiger partial charge in [0.15, 0.2) is 18.2 Å². The van der Waals surface area contributed by atoms with Crippen LogP contribution in [0, 0.1) is 0 Å². The van der Waals surface area contributed by atoms with Crippen LogP contribution in [-0.2, 0) is 63.7 Å². The molecule has 0 bridgehead atoms. The second-order valence-corrected chi connectivity index (χ2v) is 32.4. The number of carbonyl (C=O) groups is 6. The van der Waals surface area contributed by atoms with Gasteiger partial charge in [0.25, 0.3) is 29.7 Å². The number of furan rings is 2. The van der Waals surface area contributed by atoms with Gasteiger partial charge in [0.05, 0.1) is 85.6 Å². The van der Waals surface area contributed by atoms with E-state index in [4.69, 9.17) is 70.4 Å². The second kappa shape index (κ2) is 34.1. The molecule has 7 atom stereocenters. The third-order valence-electron chi connectivity index (χ3n) is 22.9. The van der Waals surface area contributed by atoms with Gasteiger partial charge in [-0.05, 0) is 199 Å². The summed E-state index contributed by atoms with van der Waals surface area (Å²) in [5.74, 6) is -12.5. The van der Waals surface area contributed by atoms with Crippen LogP contribution in [0.25, 0.3) is 43.1 Å². The minimum atomic E-state index is -6.36. The van der Waals surface area contributed by atoms with Gasteiger partial charge >= 0.3 is 30.5 Å². The molecule has 682 valence electrons. The highest BCUT2D eigenvalue weighted by Crippen LogP contribution is 2.60. The molecule has 4 fully saturated rings. The summed E-state index contributed by atoms with van der Waals surface area (Å²) in [6.45, 7) is 2.77. The molecule has 6 aliphatic heterocycles. The summed E-state index contributed by atoms with van der Waals surface area (Å²) >= 11 is 0. The smallest absolute Gasteiger partial charge is 0.434 e. The summed E-state index contributed by atoms with van der Waals surface area (Å²) in [5, 5.41) is -2.22. The van der Waals surface area contributed by atoms with Crippen LogP contribution >= 0.6 is 0 Å². The third-order valence-corrected chi connectivity index (χ3v) is 22.9. The molecule has 7 unspecified atom stereocenters. The molecule has 21 rings (SSSR count). The maximum absolute atomic E-state index is 16.6. The SMILES string of the molecule is CC(OC(=O)C(c1ccco1)N1C(=O)c2cc(Oc3ccc(Oc4cc(CC5CO5)ccn4)cc3)c3c4c(Oc5ccc(Oc6cc(CC7CO7)ccn6)cc5)cc5c6c(cc(Oc7ccc(Oc8cc(CC9CO9)ccn8)cc7)c(c7c(Oc8ccc(Oc9cc(CC%10CO%10)ccn9)cc8)cc(c2c37)C1=O)c64)C(=O)N(C(C(=O)OC(C(F)(F)F)C(F)(F)F)c1ccco1)C5=O)C(F)(F)F. The van der Waals surface area contributed by atoms with Gasteiger partial charge < -0.3 is 75.2 Å². The van der Waals surface area contributed by atoms with E-state index in [1.165, 1.54) is 103 Å². The van der Waals surface area contributed by atoms with Gasteiger partial charge in [-0.2, -0.15) is 39.5 Å². The molecule has 4 amide bonds. The number of epoxide rings is 4. The number of aromatic nitrogens is 4. The van der Waals surface area contributed by atoms with Crippen LogP contribution in [0.4, 0.5) is 39.5 Å². The maximum Gasteiger partial charge on any atom is 0.434 e. The van der Waals surface area contributed by atoms with Crippen LogP contribution in [0.5, 0.6) is 92.5 Å². The van der Waals surface area contributed by atoms with Crippen LogP contribution in [0.2, 0.25) is 0 Å². The Balaban J connectivity index is 0.833. The van der Waals surface area contributed by atoms with Gasteiger partial charge in [-0.25, -0.2) is 29.5 Å². The Kier molecular flexibility index (Phi) is 21.8. The summed E-state index contributed by atoms with van der Waals surface area (Å²) in [6.07, 6.45) is -15.4. The molecule has 9 aromatic carbocycles. The molecule has 0 saturated carbocycles. The van der Waals surface area contributed by atoms with Crippen molar-refractivity contribution in [2.24, 2.45) is 0 Å². The number of esters is 2. The number of hydrogen-bond donors (Lipinski definition) is 0. The molecular formula is C98H65F9N6O22. The summed E-state index contributed by atoms with van der Waals surface area (Å²) in [4.78, 5) is 114. The van der Waals surface area contributed by atoms with Crippen LogP contribution in [0.1, 0.15) is 94.2 Å². The number of alkyl halides is 9. The molecular weight excluding hydrogens is 1780 g/mol. The lowest BCUT2D eigenvalue weighted by Crippen LogP contribution is -2.50. The number of fused-ring (bicyclic) bond motifs is 2. The lowest BCUT2D eigenvalue weighted by Gasteiger charge is -2.35. The Hall–Kier alpha value is -15.7. The number of hydrogen-bond acceptors (Lipinski definition) is 26. The Morgan fingerprint density at radius 3 is 0.822 bits per heavy atom. The Morgan fingerprint density at radius 2 is 0.593 bits per heavy atom. The number of imide groups is 2. The van der Waals surface area contributed by atoms with E-state index in [2.05, 4.69) is 24.7 Å². The van der Waals surface area contributed by atoms with E-state index in [1.807, 2.05) is 0 Å². The minimum absolute atomic E-state index is 0.000558. The number of pyridine rings is 4. The van der Waals surface area contributed by atoms with E-state index in [-0.39, 0.29) is 137 Å². The fourth-order valence-corrected chi connectivity index (χ4v) is 16.4. The van der Waals surface area contributed by atoms with Crippen molar-refractivity contribution in [3.8, 4) is 92.5 Å². The van der Waals surface area contributed by atoms with Crippen LogP contribution < -0.4 is 37.9 Å². The Morgan fingerprint density at radius 1 is 0.341 bits per heavy atom. The zero-order valence-electron chi connectivity index (χ0n) is 69.8. The number of rotatable bonds is 32. The summed E-state index contributed by atoms with van der Waals surface area (Å²) in [5.41, 5.74) is 0.924. The van der Waals surface area contributed by atoms with E-state index in [1.54, 1.807) is 73.3 Å².